The summed E-state index contributed by atoms with van der Waals surface area (Å²) in [5.74, 6) is 0.230. The number of H-pyrrole nitrogens is 1. The number of carbonyl (C=O) groups excluding carboxylic acids is 1. The molecule has 1 aromatic carbocycles. The molecular formula is C22H31BN2O5. The van der Waals surface area contributed by atoms with Crippen molar-refractivity contribution in [3.63, 3.8) is 0 Å². The highest BCUT2D eigenvalue weighted by molar-refractivity contribution is 6.62. The van der Waals surface area contributed by atoms with Crippen LogP contribution in [0.15, 0.2) is 23.0 Å². The molecule has 1 aliphatic heterocycles. The number of nitrogens with one attached hydrogen (secondary N) is 1. The van der Waals surface area contributed by atoms with Gasteiger partial charge in [-0.15, -0.1) is 0 Å². The molecule has 2 aromatic rings. The molecule has 1 saturated carbocycles. The van der Waals surface area contributed by atoms with E-state index in [1.54, 1.807) is 0 Å². The third kappa shape index (κ3) is 3.71. The molecule has 30 heavy (non-hydrogen) atoms. The quantitative estimate of drug-likeness (QED) is 0.615. The highest BCUT2D eigenvalue weighted by Crippen LogP contribution is 2.36. The van der Waals surface area contributed by atoms with Crippen molar-refractivity contribution in [3.8, 4) is 0 Å². The van der Waals surface area contributed by atoms with Crippen molar-refractivity contribution < 1.29 is 18.8 Å². The third-order valence-electron chi connectivity index (χ3n) is 7.15. The largest absolute Gasteiger partial charge is 0.494 e. The number of nitrogens with zero attached hydrogens (tertiary/aromatic N) is 1. The van der Waals surface area contributed by atoms with Gasteiger partial charge in [-0.1, -0.05) is 6.07 Å². The topological polar surface area (TPSA) is 82.6 Å². The molecule has 2 heterocycles. The van der Waals surface area contributed by atoms with E-state index in [2.05, 4.69) is 4.98 Å². The van der Waals surface area contributed by atoms with Crippen LogP contribution in [0, 0.1) is 11.8 Å². The van der Waals surface area contributed by atoms with Gasteiger partial charge in [0.25, 0.3) is 0 Å². The maximum Gasteiger partial charge on any atom is 0.494 e. The molecule has 4 rings (SSSR count). The number of rotatable bonds is 4. The number of esters is 1. The second-order valence-electron chi connectivity index (χ2n) is 9.65. The first-order valence-electron chi connectivity index (χ1n) is 10.8. The minimum absolute atomic E-state index is 0.0130. The molecule has 0 radical (unpaired) electrons. The Morgan fingerprint density at radius 3 is 2.40 bits per heavy atom. The monoisotopic (exact) mass is 414 g/mol. The third-order valence-corrected chi connectivity index (χ3v) is 7.15. The highest BCUT2D eigenvalue weighted by atomic mass is 16.7. The minimum Gasteiger partial charge on any atom is -0.469 e. The Labute approximate surface area is 177 Å². The van der Waals surface area contributed by atoms with Gasteiger partial charge in [-0.2, -0.15) is 0 Å². The van der Waals surface area contributed by atoms with E-state index in [0.29, 0.717) is 12.5 Å². The van der Waals surface area contributed by atoms with Crippen LogP contribution >= 0.6 is 0 Å². The van der Waals surface area contributed by atoms with Crippen LogP contribution in [-0.2, 0) is 25.4 Å². The molecular weight excluding hydrogens is 383 g/mol. The first kappa shape index (κ1) is 21.2. The summed E-state index contributed by atoms with van der Waals surface area (Å²) in [6.45, 7) is 8.76. The van der Waals surface area contributed by atoms with E-state index in [4.69, 9.17) is 14.0 Å². The van der Waals surface area contributed by atoms with Crippen molar-refractivity contribution in [2.75, 3.05) is 7.11 Å². The van der Waals surface area contributed by atoms with Crippen LogP contribution in [-0.4, -0.2) is 41.0 Å². The predicted molar refractivity (Wildman–Crippen MR) is 116 cm³/mol. The number of carbonyl (C=O) groups is 1. The minimum atomic E-state index is -0.464. The molecule has 1 saturated heterocycles. The molecule has 0 unspecified atom stereocenters. The Hall–Kier alpha value is -2.06. The van der Waals surface area contributed by atoms with E-state index in [1.165, 1.54) is 7.11 Å². The van der Waals surface area contributed by atoms with E-state index in [1.807, 2.05) is 50.5 Å². The van der Waals surface area contributed by atoms with Crippen molar-refractivity contribution in [2.45, 2.75) is 71.1 Å². The predicted octanol–water partition coefficient (Wildman–Crippen LogP) is 2.61. The number of hydrogen-bond acceptors (Lipinski definition) is 5. The number of fused-ring (bicyclic) bond motifs is 1. The lowest BCUT2D eigenvalue weighted by molar-refractivity contribution is -0.146. The van der Waals surface area contributed by atoms with Gasteiger partial charge in [-0.05, 0) is 76.9 Å². The second kappa shape index (κ2) is 7.57. The molecule has 7 nitrogen and oxygen atoms in total. The number of ether oxygens (including phenoxy) is 1. The van der Waals surface area contributed by atoms with Crippen molar-refractivity contribution in [3.05, 3.63) is 28.7 Å². The van der Waals surface area contributed by atoms with Crippen LogP contribution in [0.4, 0.5) is 0 Å². The van der Waals surface area contributed by atoms with E-state index >= 15 is 0 Å². The summed E-state index contributed by atoms with van der Waals surface area (Å²) in [7, 11) is 0.977. The van der Waals surface area contributed by atoms with Crippen LogP contribution in [0.2, 0.25) is 0 Å². The second-order valence-corrected chi connectivity index (χ2v) is 9.65. The van der Waals surface area contributed by atoms with Crippen molar-refractivity contribution >= 4 is 29.6 Å². The summed E-state index contributed by atoms with van der Waals surface area (Å²) in [5.41, 5.74) is 1.64. The molecule has 1 aromatic heterocycles. The fraction of sp³-hybridized carbons (Fsp3) is 0.636. The fourth-order valence-corrected chi connectivity index (χ4v) is 4.48. The van der Waals surface area contributed by atoms with Crippen LogP contribution in [0.25, 0.3) is 11.0 Å². The Balaban J connectivity index is 1.55. The van der Waals surface area contributed by atoms with Gasteiger partial charge in [-0.25, -0.2) is 4.79 Å². The molecule has 162 valence electrons. The van der Waals surface area contributed by atoms with Gasteiger partial charge < -0.3 is 19.0 Å². The molecule has 2 aliphatic rings. The smallest absolute Gasteiger partial charge is 0.469 e. The average Bonchev–Trinajstić information content (AvgIpc) is 3.13. The highest BCUT2D eigenvalue weighted by Gasteiger charge is 2.51. The Kier molecular flexibility index (Phi) is 5.35. The normalized spacial score (nSPS) is 25.6. The fourth-order valence-electron chi connectivity index (χ4n) is 4.48. The number of benzene rings is 1. The summed E-state index contributed by atoms with van der Waals surface area (Å²) in [6.07, 6.45) is 3.45. The molecule has 0 atom stereocenters. The first-order chi connectivity index (χ1) is 14.1. The first-order valence-corrected chi connectivity index (χ1v) is 10.8. The summed E-state index contributed by atoms with van der Waals surface area (Å²) in [6, 6.07) is 5.86. The maximum atomic E-state index is 12.6. The van der Waals surface area contributed by atoms with Crippen LogP contribution in [0.5, 0.6) is 0 Å². The van der Waals surface area contributed by atoms with Gasteiger partial charge in [0, 0.05) is 6.54 Å². The van der Waals surface area contributed by atoms with Crippen molar-refractivity contribution in [1.29, 1.82) is 0 Å². The number of aromatic nitrogens is 2. The van der Waals surface area contributed by atoms with Gasteiger partial charge in [0.05, 0.1) is 35.3 Å². The van der Waals surface area contributed by atoms with Crippen molar-refractivity contribution in [1.82, 2.24) is 9.55 Å². The van der Waals surface area contributed by atoms with Gasteiger partial charge in [0.1, 0.15) is 0 Å². The van der Waals surface area contributed by atoms with E-state index in [0.717, 1.165) is 42.2 Å². The van der Waals surface area contributed by atoms with Crippen LogP contribution < -0.4 is 11.2 Å². The van der Waals surface area contributed by atoms with Gasteiger partial charge in [0.2, 0.25) is 0 Å². The summed E-state index contributed by atoms with van der Waals surface area (Å²) in [5, 5.41) is 0. The Morgan fingerprint density at radius 1 is 1.17 bits per heavy atom. The van der Waals surface area contributed by atoms with Gasteiger partial charge in [-0.3, -0.25) is 9.36 Å². The number of imidazole rings is 1. The molecule has 2 fully saturated rings. The lowest BCUT2D eigenvalue weighted by Gasteiger charge is -2.32. The van der Waals surface area contributed by atoms with Crippen LogP contribution in [0.1, 0.15) is 53.4 Å². The van der Waals surface area contributed by atoms with E-state index in [-0.39, 0.29) is 17.6 Å². The van der Waals surface area contributed by atoms with E-state index < -0.39 is 18.3 Å². The maximum absolute atomic E-state index is 12.6. The zero-order chi connectivity index (χ0) is 21.7. The van der Waals surface area contributed by atoms with Crippen LogP contribution in [0.3, 0.4) is 0 Å². The zero-order valence-electron chi connectivity index (χ0n) is 18.5. The van der Waals surface area contributed by atoms with Crippen molar-refractivity contribution in [2.24, 2.45) is 11.8 Å². The lowest BCUT2D eigenvalue weighted by atomic mass is 9.79. The number of aromatic amines is 1. The average molecular weight is 414 g/mol. The van der Waals surface area contributed by atoms with Gasteiger partial charge in [0.15, 0.2) is 0 Å². The standard InChI is InChI=1S/C22H31BN2O5/c1-21(2)22(3,4)30-23(29-21)16-10-11-17-18(12-16)25(20(27)24-17)13-14-6-8-15(9-7-14)19(26)28-5/h10-12,14-15H,6-9,13H2,1-5H3,(H,24,27). The number of methoxy groups -OCH3 is 1. The molecule has 0 amide bonds. The molecule has 1 N–H and O–H groups in total. The summed E-state index contributed by atoms with van der Waals surface area (Å²) in [4.78, 5) is 27.4. The molecule has 0 spiro atoms. The SMILES string of the molecule is COC(=O)C1CCC(Cn2c(=O)[nH]c3ccc(B4OC(C)(C)C(C)(C)O4)cc32)CC1. The summed E-state index contributed by atoms with van der Waals surface area (Å²) >= 11 is 0. The Morgan fingerprint density at radius 2 is 1.80 bits per heavy atom. The molecule has 1 aliphatic carbocycles. The molecule has 0 bridgehead atoms. The summed E-state index contributed by atoms with van der Waals surface area (Å²) < 4.78 is 19.0. The van der Waals surface area contributed by atoms with E-state index in [9.17, 15) is 9.59 Å². The number of hydrogen-bond donors (Lipinski definition) is 1. The lowest BCUT2D eigenvalue weighted by Crippen LogP contribution is -2.41. The molecule has 8 heteroatoms. The zero-order valence-corrected chi connectivity index (χ0v) is 18.5. The Bertz CT molecular complexity index is 985. The van der Waals surface area contributed by atoms with Gasteiger partial charge >= 0.3 is 18.8 Å².